The van der Waals surface area contributed by atoms with Crippen LogP contribution in [0.15, 0.2) is 75.2 Å². The molecule has 1 heterocycles. The van der Waals surface area contributed by atoms with E-state index >= 15 is 0 Å². The number of aliphatic carboxylic acids is 1. The van der Waals surface area contributed by atoms with Crippen LogP contribution >= 0.6 is 39.3 Å². The van der Waals surface area contributed by atoms with Gasteiger partial charge in [0.25, 0.3) is 0 Å². The molecule has 0 amide bonds. The highest BCUT2D eigenvalue weighted by atomic mass is 79.9. The van der Waals surface area contributed by atoms with Gasteiger partial charge in [-0.3, -0.25) is 5.10 Å². The van der Waals surface area contributed by atoms with E-state index in [4.69, 9.17) is 25.8 Å². The van der Waals surface area contributed by atoms with Crippen LogP contribution in [0, 0.1) is 0 Å². The molecule has 0 saturated heterocycles. The second kappa shape index (κ2) is 12.2. The molecule has 0 fully saturated rings. The van der Waals surface area contributed by atoms with Crippen molar-refractivity contribution in [2.75, 3.05) is 14.2 Å². The Labute approximate surface area is 230 Å². The Morgan fingerprint density at radius 1 is 1.11 bits per heavy atom. The molecule has 190 valence electrons. The molecule has 3 aromatic carbocycles. The summed E-state index contributed by atoms with van der Waals surface area (Å²) in [5.74, 6) is 0.798. The number of carboxylic acids is 1. The monoisotopic (exact) mass is 601 g/mol. The van der Waals surface area contributed by atoms with Crippen LogP contribution in [0.1, 0.15) is 11.1 Å². The zero-order valence-corrected chi connectivity index (χ0v) is 22.9. The van der Waals surface area contributed by atoms with Gasteiger partial charge in [0.2, 0.25) is 5.16 Å². The Kier molecular flexibility index (Phi) is 8.75. The lowest BCUT2D eigenvalue weighted by Gasteiger charge is -2.14. The largest absolute Gasteiger partial charge is 0.496 e. The first-order chi connectivity index (χ1) is 17.9. The topological polar surface area (TPSA) is 107 Å². The number of H-pyrrole nitrogens is 1. The highest BCUT2D eigenvalue weighted by molar-refractivity contribution is 9.10. The van der Waals surface area contributed by atoms with Gasteiger partial charge in [-0.2, -0.15) is 0 Å². The van der Waals surface area contributed by atoms with Crippen molar-refractivity contribution in [3.63, 3.8) is 0 Å². The van der Waals surface area contributed by atoms with Crippen molar-refractivity contribution in [1.82, 2.24) is 15.2 Å². The third kappa shape index (κ3) is 6.65. The van der Waals surface area contributed by atoms with Gasteiger partial charge in [0, 0.05) is 5.02 Å². The maximum Gasteiger partial charge on any atom is 0.342 e. The zero-order chi connectivity index (χ0) is 26.4. The number of hydrogen-bond acceptors (Lipinski definition) is 7. The number of ether oxygens (including phenoxy) is 3. The lowest BCUT2D eigenvalue weighted by molar-refractivity contribution is -0.131. The number of aromatic nitrogens is 3. The number of rotatable bonds is 10. The summed E-state index contributed by atoms with van der Waals surface area (Å²) in [6.07, 6.45) is 1.51. The fourth-order valence-electron chi connectivity index (χ4n) is 3.36. The molecule has 1 aromatic heterocycles. The lowest BCUT2D eigenvalue weighted by Crippen LogP contribution is -2.00. The Morgan fingerprint density at radius 3 is 2.57 bits per heavy atom. The number of carbonyl (C=O) groups is 1. The molecule has 0 radical (unpaired) electrons. The Hall–Kier alpha value is -3.47. The van der Waals surface area contributed by atoms with E-state index in [9.17, 15) is 9.90 Å². The minimum atomic E-state index is -1.13. The van der Waals surface area contributed by atoms with Crippen LogP contribution in [0.4, 0.5) is 0 Å². The van der Waals surface area contributed by atoms with E-state index < -0.39 is 5.97 Å². The molecule has 0 aliphatic heterocycles. The highest BCUT2D eigenvalue weighted by Gasteiger charge is 2.18. The lowest BCUT2D eigenvalue weighted by atomic mass is 10.2. The summed E-state index contributed by atoms with van der Waals surface area (Å²) in [6.45, 7) is 0.353. The predicted octanol–water partition coefficient (Wildman–Crippen LogP) is 6.70. The second-order valence-electron chi connectivity index (χ2n) is 7.54. The van der Waals surface area contributed by atoms with Crippen LogP contribution in [0.25, 0.3) is 17.5 Å². The van der Waals surface area contributed by atoms with Crippen LogP contribution in [-0.4, -0.2) is 40.5 Å². The number of carboxylic acid groups (broad SMARTS) is 1. The normalized spacial score (nSPS) is 11.3. The van der Waals surface area contributed by atoms with E-state index in [0.29, 0.717) is 50.3 Å². The van der Waals surface area contributed by atoms with Gasteiger partial charge in [-0.15, -0.1) is 5.10 Å². The average molecular weight is 603 g/mol. The quantitative estimate of drug-likeness (QED) is 0.153. The number of thioether (sulfide) groups is 1. The number of nitrogens with one attached hydrogen (secondary N) is 1. The predicted molar refractivity (Wildman–Crippen MR) is 146 cm³/mol. The fraction of sp³-hybridized carbons (Fsp3) is 0.115. The average Bonchev–Trinajstić information content (AvgIpc) is 3.36. The molecule has 37 heavy (non-hydrogen) atoms. The van der Waals surface area contributed by atoms with Gasteiger partial charge < -0.3 is 19.3 Å². The van der Waals surface area contributed by atoms with Crippen LogP contribution < -0.4 is 14.2 Å². The maximum atomic E-state index is 12.0. The molecule has 0 unspecified atom stereocenters. The fourth-order valence-corrected chi connectivity index (χ4v) is 4.81. The summed E-state index contributed by atoms with van der Waals surface area (Å²) in [5, 5.41) is 17.5. The molecule has 4 aromatic rings. The number of hydrogen-bond donors (Lipinski definition) is 2. The van der Waals surface area contributed by atoms with Gasteiger partial charge in [-0.25, -0.2) is 9.78 Å². The van der Waals surface area contributed by atoms with E-state index in [2.05, 4.69) is 31.1 Å². The van der Waals surface area contributed by atoms with Crippen LogP contribution in [-0.2, 0) is 11.4 Å². The van der Waals surface area contributed by atoms with Crippen molar-refractivity contribution in [3.05, 3.63) is 86.2 Å². The first kappa shape index (κ1) is 26.6. The minimum Gasteiger partial charge on any atom is -0.496 e. The standard InChI is InChI=1S/C26H21BrClN3O5S/c1-34-20-9-8-17(28)13-18(20)24-29-26(31-30-24)37-22(25(32)33)12-16-10-19(27)23(21(11-16)35-2)36-14-15-6-4-3-5-7-15/h3-13H,14H2,1-2H3,(H,32,33)(H,29,30,31)/b22-12-. The van der Waals surface area contributed by atoms with Gasteiger partial charge in [-0.05, 0) is 75.2 Å². The molecule has 4 rings (SSSR count). The maximum absolute atomic E-state index is 12.0. The SMILES string of the molecule is COc1ccc(Cl)cc1-c1nc(S/C(=C\c2cc(Br)c(OCc3ccccc3)c(OC)c2)C(=O)O)n[nH]1. The summed E-state index contributed by atoms with van der Waals surface area (Å²) >= 11 is 10.5. The smallest absolute Gasteiger partial charge is 0.342 e. The third-order valence-electron chi connectivity index (χ3n) is 5.07. The second-order valence-corrected chi connectivity index (χ2v) is 9.84. The molecule has 0 bridgehead atoms. The van der Waals surface area contributed by atoms with Gasteiger partial charge in [0.15, 0.2) is 17.3 Å². The van der Waals surface area contributed by atoms with Crippen molar-refractivity contribution in [1.29, 1.82) is 0 Å². The van der Waals surface area contributed by atoms with Gasteiger partial charge in [0.05, 0.1) is 24.3 Å². The number of methoxy groups -OCH3 is 2. The molecular weight excluding hydrogens is 582 g/mol. The van der Waals surface area contributed by atoms with E-state index in [1.54, 1.807) is 30.3 Å². The summed E-state index contributed by atoms with van der Waals surface area (Å²) in [6, 6.07) is 18.3. The van der Waals surface area contributed by atoms with Gasteiger partial charge >= 0.3 is 5.97 Å². The molecule has 8 nitrogen and oxygen atoms in total. The van der Waals surface area contributed by atoms with Crippen LogP contribution in [0.2, 0.25) is 5.02 Å². The van der Waals surface area contributed by atoms with E-state index in [-0.39, 0.29) is 10.1 Å². The molecule has 0 aliphatic rings. The number of nitrogens with zero attached hydrogens (tertiary/aromatic N) is 2. The molecule has 0 atom stereocenters. The van der Waals surface area contributed by atoms with Gasteiger partial charge in [-0.1, -0.05) is 41.9 Å². The van der Waals surface area contributed by atoms with Crippen LogP contribution in [0.5, 0.6) is 17.2 Å². The number of benzene rings is 3. The third-order valence-corrected chi connectivity index (χ3v) is 6.77. The van der Waals surface area contributed by atoms with E-state index in [1.807, 2.05) is 30.3 Å². The molecule has 2 N–H and O–H groups in total. The van der Waals surface area contributed by atoms with Crippen molar-refractivity contribution >= 4 is 51.3 Å². The van der Waals surface area contributed by atoms with Crippen molar-refractivity contribution in [2.24, 2.45) is 0 Å². The Balaban J connectivity index is 1.58. The Bertz CT molecular complexity index is 1450. The highest BCUT2D eigenvalue weighted by Crippen LogP contribution is 2.39. The Morgan fingerprint density at radius 2 is 1.86 bits per heavy atom. The molecule has 0 spiro atoms. The summed E-state index contributed by atoms with van der Waals surface area (Å²) in [7, 11) is 3.06. The molecule has 0 aliphatic carbocycles. The van der Waals surface area contributed by atoms with Crippen molar-refractivity contribution < 1.29 is 24.1 Å². The van der Waals surface area contributed by atoms with Crippen LogP contribution in [0.3, 0.4) is 0 Å². The summed E-state index contributed by atoms with van der Waals surface area (Å²) < 4.78 is 17.5. The molecule has 11 heteroatoms. The summed E-state index contributed by atoms with van der Waals surface area (Å²) in [5.41, 5.74) is 2.20. The van der Waals surface area contributed by atoms with E-state index in [0.717, 1.165) is 17.3 Å². The summed E-state index contributed by atoms with van der Waals surface area (Å²) in [4.78, 5) is 16.5. The number of halogens is 2. The molecular formula is C26H21BrClN3O5S. The van der Waals surface area contributed by atoms with Crippen molar-refractivity contribution in [3.8, 4) is 28.6 Å². The van der Waals surface area contributed by atoms with E-state index in [1.165, 1.54) is 20.3 Å². The van der Waals surface area contributed by atoms with Gasteiger partial charge in [0.1, 0.15) is 17.3 Å². The minimum absolute atomic E-state index is 0.00974. The first-order valence-electron chi connectivity index (χ1n) is 10.8. The molecule has 0 saturated carbocycles. The zero-order valence-electron chi connectivity index (χ0n) is 19.7. The number of aromatic amines is 1. The first-order valence-corrected chi connectivity index (χ1v) is 12.8. The van der Waals surface area contributed by atoms with Crippen molar-refractivity contribution in [2.45, 2.75) is 11.8 Å².